The summed E-state index contributed by atoms with van der Waals surface area (Å²) in [5.41, 5.74) is 0. The molecule has 0 aromatic heterocycles. The minimum Gasteiger partial charge on any atom is -0.394 e. The molecule has 0 amide bonds. The molecule has 1 aromatic rings. The quantitative estimate of drug-likeness (QED) is 0.121. The summed E-state index contributed by atoms with van der Waals surface area (Å²) in [5, 5.41) is 166. The number of thioether (sulfide) groups is 1. The van der Waals surface area contributed by atoms with Crippen LogP contribution < -0.4 is 0 Å². The summed E-state index contributed by atoms with van der Waals surface area (Å²) in [5.74, 6) is 0. The predicted octanol–water partition coefficient (Wildman–Crippen LogP) is -9.21. The zero-order chi connectivity index (χ0) is 50.6. The predicted molar refractivity (Wildman–Crippen MR) is 223 cm³/mol. The van der Waals surface area contributed by atoms with E-state index in [1.54, 1.807) is 30.3 Å². The fraction of sp³-hybridized carbons (Fsp3) is 0.857. The maximum absolute atomic E-state index is 12.0. The molecule has 15 N–H and O–H groups in total. The summed E-state index contributed by atoms with van der Waals surface area (Å²) in [6.45, 7) is -4.71. The van der Waals surface area contributed by atoms with Crippen LogP contribution >= 0.6 is 11.8 Å². The molecule has 1 aromatic carbocycles. The van der Waals surface area contributed by atoms with Crippen molar-refractivity contribution < 1.29 is 138 Å². The van der Waals surface area contributed by atoms with Crippen LogP contribution in [0.15, 0.2) is 35.2 Å². The van der Waals surface area contributed by atoms with Gasteiger partial charge in [0.05, 0.1) is 44.9 Å². The summed E-state index contributed by atoms with van der Waals surface area (Å²) in [6, 6.07) is 8.63. The van der Waals surface area contributed by atoms with Crippen molar-refractivity contribution in [2.75, 3.05) is 39.6 Å². The minimum absolute atomic E-state index is 0.196. The van der Waals surface area contributed by atoms with Gasteiger partial charge in [0.1, 0.15) is 140 Å². The Bertz CT molecular complexity index is 1840. The summed E-state index contributed by atoms with van der Waals surface area (Å²) in [6.07, 6.45) is -50.2. The Morgan fingerprint density at radius 1 is 0.338 bits per heavy atom. The zero-order valence-electron chi connectivity index (χ0n) is 37.4. The lowest BCUT2D eigenvalue weighted by atomic mass is 9.95. The first-order valence-corrected chi connectivity index (χ1v) is 24.0. The fourth-order valence-corrected chi connectivity index (χ4v) is 11.3. The van der Waals surface area contributed by atoms with Crippen LogP contribution in [0.1, 0.15) is 0 Å². The molecule has 29 heteroatoms. The SMILES string of the molecule is OC[C@H]1O[C@@H]2O[C@H]3[C@H](O)[C@@H](O)[C@@H](O[C@H]4[C@H](O)[C@@H](O)[C@@H](O[C@H]5[C@H](O)[C@@H](O)[C@@H](O[C@H]6[C@@H]7OC[C@H]6O[C@H](O[C@H]6[C@@H](Sc8ccccc8)[C@H](O)[C@@H](O[C@H]1[C@H](O)[C@H]2O)O[C@@H]6CO)[C@@H]7O)O[C@@H]5CO)O[C@@H]4CO)O[C@@H]3CO. The van der Waals surface area contributed by atoms with Crippen molar-refractivity contribution in [3.63, 3.8) is 0 Å². The van der Waals surface area contributed by atoms with Crippen molar-refractivity contribution in [2.45, 2.75) is 188 Å². The Balaban J connectivity index is 1.03. The first kappa shape index (κ1) is 54.2. The molecule has 25 fully saturated rings. The largest absolute Gasteiger partial charge is 0.394 e. The van der Waals surface area contributed by atoms with Crippen LogP contribution in [-0.2, 0) is 61.6 Å². The van der Waals surface area contributed by atoms with Crippen molar-refractivity contribution in [1.82, 2.24) is 0 Å². The first-order chi connectivity index (χ1) is 34.1. The maximum atomic E-state index is 12.0. The number of benzene rings is 1. The van der Waals surface area contributed by atoms with E-state index in [9.17, 15) is 76.6 Å². The van der Waals surface area contributed by atoms with Crippen LogP contribution in [0.4, 0.5) is 0 Å². The first-order valence-electron chi connectivity index (χ1n) is 23.1. The zero-order valence-corrected chi connectivity index (χ0v) is 38.2. The summed E-state index contributed by atoms with van der Waals surface area (Å²) >= 11 is 1.06. The molecule has 25 heterocycles. The second kappa shape index (κ2) is 23.0. The molecule has 0 saturated carbocycles. The van der Waals surface area contributed by atoms with Crippen LogP contribution in [0.2, 0.25) is 0 Å². The third kappa shape index (κ3) is 10.5. The molecular weight excluding hydrogens is 985 g/mol. The van der Waals surface area contributed by atoms with Gasteiger partial charge in [0, 0.05) is 4.90 Å². The average Bonchev–Trinajstić information content (AvgIpc) is 3.69. The number of hydrogen-bond donors (Lipinski definition) is 15. The number of rotatable bonds is 7. The van der Waals surface area contributed by atoms with E-state index in [1.807, 2.05) is 0 Å². The van der Waals surface area contributed by atoms with E-state index in [0.29, 0.717) is 4.90 Å². The molecule has 0 radical (unpaired) electrons. The van der Waals surface area contributed by atoms with E-state index >= 15 is 0 Å². The molecule has 26 rings (SSSR count). The van der Waals surface area contributed by atoms with Gasteiger partial charge in [-0.05, 0) is 12.1 Å². The van der Waals surface area contributed by atoms with E-state index in [0.717, 1.165) is 11.8 Å². The molecule has 30 atom stereocenters. The normalized spacial score (nSPS) is 52.8. The van der Waals surface area contributed by atoms with Crippen LogP contribution in [0.3, 0.4) is 0 Å². The summed E-state index contributed by atoms with van der Waals surface area (Å²) < 4.78 is 76.9. The van der Waals surface area contributed by atoms with Gasteiger partial charge in [-0.15, -0.1) is 11.8 Å². The molecule has 28 nitrogen and oxygen atoms in total. The van der Waals surface area contributed by atoms with Gasteiger partial charge in [-0.2, -0.15) is 0 Å². The van der Waals surface area contributed by atoms with Crippen molar-refractivity contribution in [2.24, 2.45) is 0 Å². The summed E-state index contributed by atoms with van der Waals surface area (Å²) in [4.78, 5) is 0.592. The van der Waals surface area contributed by atoms with Crippen LogP contribution in [0.5, 0.6) is 0 Å². The number of aliphatic hydroxyl groups is 15. The van der Waals surface area contributed by atoms with Crippen LogP contribution in [-0.4, -0.2) is 300 Å². The maximum Gasteiger partial charge on any atom is 0.187 e. The molecule has 404 valence electrons. The monoisotopic (exact) mass is 1050 g/mol. The number of aliphatic hydroxyl groups excluding tert-OH is 15. The Kier molecular flexibility index (Phi) is 17.5. The Morgan fingerprint density at radius 2 is 0.662 bits per heavy atom. The lowest BCUT2D eigenvalue weighted by molar-refractivity contribution is -0.396. The minimum atomic E-state index is -2.11. The van der Waals surface area contributed by atoms with Crippen molar-refractivity contribution in [3.05, 3.63) is 30.3 Å². The van der Waals surface area contributed by atoms with Gasteiger partial charge in [-0.3, -0.25) is 0 Å². The van der Waals surface area contributed by atoms with Gasteiger partial charge < -0.3 is 138 Å². The summed E-state index contributed by atoms with van der Waals surface area (Å²) in [7, 11) is 0. The fourth-order valence-electron chi connectivity index (χ4n) is 10.1. The van der Waals surface area contributed by atoms with Crippen molar-refractivity contribution >= 4 is 11.8 Å². The third-order valence-electron chi connectivity index (χ3n) is 13.9. The molecular formula is C42H62O28S. The highest BCUT2D eigenvalue weighted by atomic mass is 32.2. The number of hydrogen-bond acceptors (Lipinski definition) is 29. The van der Waals surface area contributed by atoms with E-state index in [1.165, 1.54) is 0 Å². The second-order valence-electron chi connectivity index (χ2n) is 18.4. The highest BCUT2D eigenvalue weighted by Gasteiger charge is 2.60. The van der Waals surface area contributed by atoms with E-state index in [2.05, 4.69) is 0 Å². The molecule has 0 spiro atoms. The standard InChI is InChI=1S/C42H62O28S/c43-6-13-29-20(49)24(53)38(60-13)67-31-15(8-45)62-40(26(55)22(31)51)69-33-18-11-58-35(33)27(56)41(64-18)70-34-17(10-47)63-42(28(57)36(34)71-12-4-2-1-3-5-12)68-32-16(9-46)61-39(25(54)21(32)50)66-30-14(7-44)59-37(65-29)23(52)19(30)48/h1-5,13-57H,6-11H2/t13-,14-,15-,16-,17-,18-,19-,20-,21-,22-,23-,24-,25-,26-,27-,28+,29-,30-,31-,32-,33-,34-,35-,36+,37-,38-,39-,40-,41-,42-/m1/s1. The van der Waals surface area contributed by atoms with E-state index in [-0.39, 0.29) is 6.61 Å². The van der Waals surface area contributed by atoms with Gasteiger partial charge in [-0.25, -0.2) is 0 Å². The molecule has 25 saturated heterocycles. The van der Waals surface area contributed by atoms with Crippen LogP contribution in [0.25, 0.3) is 0 Å². The van der Waals surface area contributed by atoms with Gasteiger partial charge in [-0.1, -0.05) is 18.2 Å². The van der Waals surface area contributed by atoms with E-state index in [4.69, 9.17) is 61.6 Å². The van der Waals surface area contributed by atoms with Gasteiger partial charge in [0.2, 0.25) is 0 Å². The Labute approximate surface area is 407 Å². The van der Waals surface area contributed by atoms with Crippen molar-refractivity contribution in [1.29, 1.82) is 0 Å². The Morgan fingerprint density at radius 3 is 1.04 bits per heavy atom. The van der Waals surface area contributed by atoms with Gasteiger partial charge in [0.15, 0.2) is 37.7 Å². The van der Waals surface area contributed by atoms with Crippen molar-refractivity contribution in [3.8, 4) is 0 Å². The van der Waals surface area contributed by atoms with E-state index < -0.39 is 216 Å². The molecule has 71 heavy (non-hydrogen) atoms. The highest BCUT2D eigenvalue weighted by molar-refractivity contribution is 8.00. The lowest BCUT2D eigenvalue weighted by Crippen LogP contribution is -2.68. The highest BCUT2D eigenvalue weighted by Crippen LogP contribution is 2.43. The Hall–Kier alpha value is -1.55. The molecule has 14 bridgehead atoms. The third-order valence-corrected chi connectivity index (χ3v) is 15.3. The van der Waals surface area contributed by atoms with Gasteiger partial charge >= 0.3 is 0 Å². The molecule has 0 aliphatic carbocycles. The lowest BCUT2D eigenvalue weighted by Gasteiger charge is -2.50. The van der Waals surface area contributed by atoms with Gasteiger partial charge in [0.25, 0.3) is 0 Å². The smallest absolute Gasteiger partial charge is 0.187 e. The molecule has 25 aliphatic heterocycles. The molecule has 25 aliphatic rings. The van der Waals surface area contributed by atoms with Crippen LogP contribution in [0, 0.1) is 0 Å². The average molecular weight is 1050 g/mol. The second-order valence-corrected chi connectivity index (χ2v) is 19.6. The molecule has 0 unspecified atom stereocenters. The topological polar surface area (TPSA) is 423 Å². The number of ether oxygens (including phenoxy) is 13.